The van der Waals surface area contributed by atoms with E-state index in [1.165, 1.54) is 5.56 Å². The molecule has 2 aliphatic rings. The molecule has 2 atom stereocenters. The van der Waals surface area contributed by atoms with Crippen molar-refractivity contribution in [2.45, 2.75) is 24.9 Å². The van der Waals surface area contributed by atoms with Gasteiger partial charge in [-0.1, -0.05) is 30.3 Å². The van der Waals surface area contributed by atoms with Crippen LogP contribution in [0.15, 0.2) is 52.3 Å². The number of hydrazone groups is 1. The van der Waals surface area contributed by atoms with Gasteiger partial charge in [0, 0.05) is 6.42 Å². The summed E-state index contributed by atoms with van der Waals surface area (Å²) in [7, 11) is -2.92. The molecule has 0 bridgehead atoms. The van der Waals surface area contributed by atoms with E-state index < -0.39 is 9.84 Å². The van der Waals surface area contributed by atoms with Crippen LogP contribution in [-0.4, -0.2) is 36.7 Å². The molecule has 3 heterocycles. The highest BCUT2D eigenvalue weighted by Gasteiger charge is 2.39. The van der Waals surface area contributed by atoms with Crippen molar-refractivity contribution >= 4 is 26.9 Å². The summed E-state index contributed by atoms with van der Waals surface area (Å²) in [5, 5.41) is 11.1. The van der Waals surface area contributed by atoms with E-state index >= 15 is 0 Å². The van der Waals surface area contributed by atoms with Gasteiger partial charge in [-0.3, -0.25) is 5.01 Å². The van der Waals surface area contributed by atoms with Crippen LogP contribution in [0.4, 0.5) is 0 Å². The molecule has 0 spiro atoms. The fourth-order valence-corrected chi connectivity index (χ4v) is 5.80. The van der Waals surface area contributed by atoms with E-state index in [4.69, 9.17) is 5.10 Å². The summed E-state index contributed by atoms with van der Waals surface area (Å²) in [6, 6.07) is 12.4. The van der Waals surface area contributed by atoms with Crippen LogP contribution >= 0.6 is 11.3 Å². The second kappa shape index (κ2) is 5.76. The van der Waals surface area contributed by atoms with E-state index in [2.05, 4.69) is 34.0 Å². The lowest BCUT2D eigenvalue weighted by Gasteiger charge is -2.28. The number of sulfone groups is 1. The third-order valence-electron chi connectivity index (χ3n) is 4.56. The highest BCUT2D eigenvalue weighted by atomic mass is 32.2. The molecule has 120 valence electrons. The van der Waals surface area contributed by atoms with Gasteiger partial charge < -0.3 is 0 Å². The van der Waals surface area contributed by atoms with Crippen LogP contribution in [0.5, 0.6) is 0 Å². The topological polar surface area (TPSA) is 49.7 Å². The quantitative estimate of drug-likeness (QED) is 0.858. The Morgan fingerprint density at radius 1 is 1.17 bits per heavy atom. The van der Waals surface area contributed by atoms with Gasteiger partial charge in [-0.2, -0.15) is 16.4 Å². The molecular weight excluding hydrogens is 328 g/mol. The molecule has 0 unspecified atom stereocenters. The zero-order chi connectivity index (χ0) is 15.9. The van der Waals surface area contributed by atoms with E-state index in [0.717, 1.165) is 17.7 Å². The third-order valence-corrected chi connectivity index (χ3v) is 7.01. The first-order valence-corrected chi connectivity index (χ1v) is 10.5. The molecule has 4 rings (SSSR count). The minimum Gasteiger partial charge on any atom is -0.285 e. The largest absolute Gasteiger partial charge is 0.285 e. The second-order valence-corrected chi connectivity index (χ2v) is 9.13. The Labute approximate surface area is 140 Å². The Kier molecular flexibility index (Phi) is 3.73. The first-order valence-electron chi connectivity index (χ1n) is 7.76. The van der Waals surface area contributed by atoms with Crippen molar-refractivity contribution in [2.75, 3.05) is 11.5 Å². The number of hydrogen-bond donors (Lipinski definition) is 0. The second-order valence-electron chi connectivity index (χ2n) is 6.13. The summed E-state index contributed by atoms with van der Waals surface area (Å²) in [6.07, 6.45) is 1.51. The van der Waals surface area contributed by atoms with Crippen molar-refractivity contribution in [1.82, 2.24) is 5.01 Å². The van der Waals surface area contributed by atoms with E-state index in [1.807, 2.05) is 18.2 Å². The summed E-state index contributed by atoms with van der Waals surface area (Å²) in [5.41, 5.74) is 3.40. The first-order chi connectivity index (χ1) is 11.1. The van der Waals surface area contributed by atoms with E-state index in [0.29, 0.717) is 6.42 Å². The van der Waals surface area contributed by atoms with Gasteiger partial charge in [0.2, 0.25) is 0 Å². The number of benzene rings is 1. The van der Waals surface area contributed by atoms with Gasteiger partial charge in [-0.25, -0.2) is 8.42 Å². The smallest absolute Gasteiger partial charge is 0.152 e. The molecule has 4 nitrogen and oxygen atoms in total. The van der Waals surface area contributed by atoms with Crippen molar-refractivity contribution < 1.29 is 8.42 Å². The lowest BCUT2D eigenvalue weighted by molar-refractivity contribution is 0.176. The average molecular weight is 346 g/mol. The summed E-state index contributed by atoms with van der Waals surface area (Å²) in [4.78, 5) is 0. The van der Waals surface area contributed by atoms with E-state index in [1.54, 1.807) is 11.3 Å². The van der Waals surface area contributed by atoms with Gasteiger partial charge in [-0.15, -0.1) is 0 Å². The molecule has 1 saturated heterocycles. The van der Waals surface area contributed by atoms with Crippen molar-refractivity contribution in [1.29, 1.82) is 0 Å². The van der Waals surface area contributed by atoms with Crippen molar-refractivity contribution in [3.05, 3.63) is 58.3 Å². The number of thiophene rings is 1. The number of rotatable bonds is 3. The SMILES string of the molecule is O=S1(=O)CC[C@H](N2N=C(c3ccccc3)C[C@H]2c2ccsc2)C1. The molecule has 1 aromatic carbocycles. The molecule has 6 heteroatoms. The third kappa shape index (κ3) is 2.93. The molecular formula is C17H18N2O2S2. The Morgan fingerprint density at radius 2 is 2.00 bits per heavy atom. The van der Waals surface area contributed by atoms with Gasteiger partial charge in [0.05, 0.1) is 29.3 Å². The Bertz CT molecular complexity index is 814. The molecule has 0 saturated carbocycles. The van der Waals surface area contributed by atoms with Gasteiger partial charge in [0.1, 0.15) is 0 Å². The van der Waals surface area contributed by atoms with Crippen LogP contribution in [0.1, 0.15) is 30.0 Å². The van der Waals surface area contributed by atoms with Crippen molar-refractivity contribution in [3.63, 3.8) is 0 Å². The maximum atomic E-state index is 11.9. The molecule has 0 radical (unpaired) electrons. The zero-order valence-corrected chi connectivity index (χ0v) is 14.3. The maximum absolute atomic E-state index is 11.9. The maximum Gasteiger partial charge on any atom is 0.152 e. The van der Waals surface area contributed by atoms with Crippen LogP contribution < -0.4 is 0 Å². The Hall–Kier alpha value is -1.66. The normalized spacial score (nSPS) is 26.4. The summed E-state index contributed by atoms with van der Waals surface area (Å²) in [5.74, 6) is 0.500. The fraction of sp³-hybridized carbons (Fsp3) is 0.353. The van der Waals surface area contributed by atoms with Crippen LogP contribution in [0, 0.1) is 0 Å². The molecule has 0 aliphatic carbocycles. The van der Waals surface area contributed by atoms with E-state index in [-0.39, 0.29) is 23.6 Å². The van der Waals surface area contributed by atoms with Crippen molar-refractivity contribution in [2.24, 2.45) is 5.10 Å². The summed E-state index contributed by atoms with van der Waals surface area (Å²) in [6.45, 7) is 0. The minimum absolute atomic E-state index is 0.00823. The van der Waals surface area contributed by atoms with Crippen LogP contribution in [0.25, 0.3) is 0 Å². The molecule has 0 amide bonds. The van der Waals surface area contributed by atoms with Crippen molar-refractivity contribution in [3.8, 4) is 0 Å². The summed E-state index contributed by atoms with van der Waals surface area (Å²) >= 11 is 1.67. The lowest BCUT2D eigenvalue weighted by Crippen LogP contribution is -2.32. The Morgan fingerprint density at radius 3 is 2.65 bits per heavy atom. The predicted octanol–water partition coefficient (Wildman–Crippen LogP) is 3.09. The van der Waals surface area contributed by atoms with Crippen LogP contribution in [0.3, 0.4) is 0 Å². The Balaban J connectivity index is 1.68. The monoisotopic (exact) mass is 346 g/mol. The van der Waals surface area contributed by atoms with E-state index in [9.17, 15) is 8.42 Å². The molecule has 1 aromatic heterocycles. The van der Waals surface area contributed by atoms with Gasteiger partial charge in [0.15, 0.2) is 9.84 Å². The lowest BCUT2D eigenvalue weighted by atomic mass is 10.00. The molecule has 2 aliphatic heterocycles. The molecule has 1 fully saturated rings. The summed E-state index contributed by atoms with van der Waals surface area (Å²) < 4.78 is 23.7. The molecule has 2 aromatic rings. The highest BCUT2D eigenvalue weighted by Crippen LogP contribution is 2.37. The van der Waals surface area contributed by atoms with Gasteiger partial charge in [-0.05, 0) is 34.4 Å². The molecule has 23 heavy (non-hydrogen) atoms. The van der Waals surface area contributed by atoms with Crippen LogP contribution in [0.2, 0.25) is 0 Å². The number of hydrogen-bond acceptors (Lipinski definition) is 5. The van der Waals surface area contributed by atoms with Crippen LogP contribution in [-0.2, 0) is 9.84 Å². The van der Waals surface area contributed by atoms with Gasteiger partial charge in [0.25, 0.3) is 0 Å². The number of nitrogens with zero attached hydrogens (tertiary/aromatic N) is 2. The zero-order valence-electron chi connectivity index (χ0n) is 12.6. The fourth-order valence-electron chi connectivity index (χ4n) is 3.39. The highest BCUT2D eigenvalue weighted by molar-refractivity contribution is 7.91. The molecule has 0 N–H and O–H groups in total. The minimum atomic E-state index is -2.92. The first kappa shape index (κ1) is 14.9. The predicted molar refractivity (Wildman–Crippen MR) is 93.6 cm³/mol. The average Bonchev–Trinajstić information content (AvgIpc) is 3.25. The van der Waals surface area contributed by atoms with Gasteiger partial charge >= 0.3 is 0 Å². The standard InChI is InChI=1S/C17H18N2O2S2/c20-23(21)9-7-15(12-23)19-17(14-6-8-22-11-14)10-16(18-19)13-4-2-1-3-5-13/h1-6,8,11,15,17H,7,9-10,12H2/t15-,17-/m0/s1.